The van der Waals surface area contributed by atoms with Crippen molar-refractivity contribution in [3.63, 3.8) is 0 Å². The molecule has 1 aliphatic heterocycles. The molecule has 1 heterocycles. The smallest absolute Gasteiger partial charge is 0.350 e. The Bertz CT molecular complexity index is 535. The summed E-state index contributed by atoms with van der Waals surface area (Å²) in [6, 6.07) is 5.67. The van der Waals surface area contributed by atoms with Crippen LogP contribution in [0.1, 0.15) is 31.9 Å². The van der Waals surface area contributed by atoms with Crippen LogP contribution in [0.25, 0.3) is 0 Å². The van der Waals surface area contributed by atoms with Crippen LogP contribution in [0.3, 0.4) is 0 Å². The van der Waals surface area contributed by atoms with E-state index in [1.54, 1.807) is 26.0 Å². The Morgan fingerprint density at radius 3 is 2.33 bits per heavy atom. The largest absolute Gasteiger partial charge is 0.366 e. The first-order valence-corrected chi connectivity index (χ1v) is 8.43. The molecule has 21 heavy (non-hydrogen) atoms. The molecule has 1 saturated heterocycles. The molecule has 0 aromatic heterocycles. The van der Waals surface area contributed by atoms with Gasteiger partial charge in [-0.1, -0.05) is 12.1 Å². The highest BCUT2D eigenvalue weighted by Crippen LogP contribution is 2.57. The summed E-state index contributed by atoms with van der Waals surface area (Å²) in [6.07, 6.45) is -0.488. The normalized spacial score (nSPS) is 22.7. The molecule has 2 atom stereocenters. The van der Waals surface area contributed by atoms with Gasteiger partial charge in [0.2, 0.25) is 5.85 Å². The van der Waals surface area contributed by atoms with E-state index in [1.165, 1.54) is 12.1 Å². The molecule has 2 rings (SSSR count). The van der Waals surface area contributed by atoms with E-state index in [9.17, 15) is 13.8 Å². The van der Waals surface area contributed by atoms with Crippen LogP contribution in [0.15, 0.2) is 24.3 Å². The predicted octanol–water partition coefficient (Wildman–Crippen LogP) is 3.45. The second-order valence-corrected chi connectivity index (χ2v) is 6.64. The number of Topliss-reactive ketones (excluding diaryl/α,β-unsaturated/α-hetero) is 1. The predicted molar refractivity (Wildman–Crippen MR) is 74.5 cm³/mol. The molecule has 0 spiro atoms. The summed E-state index contributed by atoms with van der Waals surface area (Å²) < 4.78 is 41.4. The minimum atomic E-state index is -3.64. The van der Waals surface area contributed by atoms with Crippen molar-refractivity contribution in [3.05, 3.63) is 35.6 Å². The standard InChI is InChI=1S/C14H18FO5P/c1-3-18-21(17,19-4-2)14-12(16)9-13(20-14)10-5-7-11(15)8-6-10/h5-8,13-14H,3-4,9H2,1-2H3/t13-,14?/m1/s1. The van der Waals surface area contributed by atoms with Crippen LogP contribution in [0, 0.1) is 5.82 Å². The lowest BCUT2D eigenvalue weighted by Gasteiger charge is -2.22. The monoisotopic (exact) mass is 316 g/mol. The number of hydrogen-bond donors (Lipinski definition) is 0. The lowest BCUT2D eigenvalue weighted by Crippen LogP contribution is -2.19. The zero-order valence-corrected chi connectivity index (χ0v) is 12.8. The van der Waals surface area contributed by atoms with Crippen molar-refractivity contribution >= 4 is 13.4 Å². The average Bonchev–Trinajstić information content (AvgIpc) is 2.83. The van der Waals surface area contributed by atoms with E-state index < -0.39 is 19.5 Å². The molecule has 0 aliphatic carbocycles. The Kier molecular flexibility index (Phi) is 5.27. The third-order valence-corrected chi connectivity index (χ3v) is 5.32. The fourth-order valence-corrected chi connectivity index (χ4v) is 4.04. The summed E-state index contributed by atoms with van der Waals surface area (Å²) in [5, 5.41) is 0. The second-order valence-electron chi connectivity index (χ2n) is 4.57. The highest BCUT2D eigenvalue weighted by atomic mass is 31.2. The first-order valence-electron chi connectivity index (χ1n) is 6.82. The van der Waals surface area contributed by atoms with Gasteiger partial charge in [0.05, 0.1) is 19.3 Å². The third-order valence-electron chi connectivity index (χ3n) is 3.10. The van der Waals surface area contributed by atoms with Gasteiger partial charge in [-0.05, 0) is 31.5 Å². The quantitative estimate of drug-likeness (QED) is 0.752. The van der Waals surface area contributed by atoms with Gasteiger partial charge in [-0.25, -0.2) is 4.39 Å². The summed E-state index contributed by atoms with van der Waals surface area (Å²) in [6.45, 7) is 3.66. The highest BCUT2D eigenvalue weighted by molar-refractivity contribution is 7.55. The van der Waals surface area contributed by atoms with E-state index >= 15 is 0 Å². The van der Waals surface area contributed by atoms with E-state index in [2.05, 4.69) is 0 Å². The summed E-state index contributed by atoms with van der Waals surface area (Å²) >= 11 is 0. The Hall–Kier alpha value is -1.07. The van der Waals surface area contributed by atoms with Crippen molar-refractivity contribution in [2.24, 2.45) is 0 Å². The van der Waals surface area contributed by atoms with Crippen molar-refractivity contribution < 1.29 is 27.5 Å². The van der Waals surface area contributed by atoms with E-state index in [0.717, 1.165) is 0 Å². The number of rotatable bonds is 6. The van der Waals surface area contributed by atoms with E-state index in [1.807, 2.05) is 0 Å². The van der Waals surface area contributed by atoms with Crippen LogP contribution in [0.2, 0.25) is 0 Å². The van der Waals surface area contributed by atoms with Crippen LogP contribution in [0.5, 0.6) is 0 Å². The van der Waals surface area contributed by atoms with E-state index in [4.69, 9.17) is 13.8 Å². The molecule has 0 N–H and O–H groups in total. The lowest BCUT2D eigenvalue weighted by molar-refractivity contribution is -0.120. The molecule has 0 amide bonds. The molecule has 7 heteroatoms. The van der Waals surface area contributed by atoms with E-state index in [-0.39, 0.29) is 31.2 Å². The van der Waals surface area contributed by atoms with Crippen LogP contribution >= 0.6 is 7.60 Å². The molecule has 1 aliphatic rings. The lowest BCUT2D eigenvalue weighted by atomic mass is 10.1. The van der Waals surface area contributed by atoms with Gasteiger partial charge in [-0.2, -0.15) is 0 Å². The topological polar surface area (TPSA) is 61.8 Å². The Balaban J connectivity index is 2.18. The second kappa shape index (κ2) is 6.79. The Morgan fingerprint density at radius 2 is 1.81 bits per heavy atom. The molecule has 0 radical (unpaired) electrons. The average molecular weight is 316 g/mol. The number of benzene rings is 1. The number of ketones is 1. The molecule has 0 bridgehead atoms. The minimum Gasteiger partial charge on any atom is -0.350 e. The zero-order valence-electron chi connectivity index (χ0n) is 12.0. The molecule has 1 aromatic rings. The van der Waals surface area contributed by atoms with Gasteiger partial charge >= 0.3 is 7.60 Å². The fraction of sp³-hybridized carbons (Fsp3) is 0.500. The molecule has 116 valence electrons. The summed E-state index contributed by atoms with van der Waals surface area (Å²) in [5.74, 6) is -1.91. The third kappa shape index (κ3) is 3.58. The molecule has 0 saturated carbocycles. The first kappa shape index (κ1) is 16.3. The van der Waals surface area contributed by atoms with Crippen molar-refractivity contribution in [2.45, 2.75) is 32.2 Å². The van der Waals surface area contributed by atoms with E-state index in [0.29, 0.717) is 5.56 Å². The highest BCUT2D eigenvalue weighted by Gasteiger charge is 2.48. The van der Waals surface area contributed by atoms with Crippen LogP contribution in [-0.2, 0) is 23.1 Å². The minimum absolute atomic E-state index is 0.0699. The van der Waals surface area contributed by atoms with Gasteiger partial charge in [0.15, 0.2) is 5.78 Å². The van der Waals surface area contributed by atoms with Crippen LogP contribution < -0.4 is 0 Å². The molecular weight excluding hydrogens is 298 g/mol. The van der Waals surface area contributed by atoms with Gasteiger partial charge in [-0.3, -0.25) is 9.36 Å². The number of carbonyl (C=O) groups is 1. The van der Waals surface area contributed by atoms with Crippen molar-refractivity contribution in [1.82, 2.24) is 0 Å². The summed E-state index contributed by atoms with van der Waals surface area (Å²) in [7, 11) is -3.64. The Labute approximate surface area is 122 Å². The summed E-state index contributed by atoms with van der Waals surface area (Å²) in [4.78, 5) is 12.1. The SMILES string of the molecule is CCOP(=O)(OCC)C1O[C@@H](c2ccc(F)cc2)CC1=O. The number of ether oxygens (including phenoxy) is 1. The van der Waals surface area contributed by atoms with Crippen molar-refractivity contribution in [2.75, 3.05) is 13.2 Å². The van der Waals surface area contributed by atoms with Gasteiger partial charge in [0.25, 0.3) is 0 Å². The maximum atomic E-state index is 12.9. The van der Waals surface area contributed by atoms with Gasteiger partial charge in [0.1, 0.15) is 5.82 Å². The number of hydrogen-bond acceptors (Lipinski definition) is 5. The number of halogens is 1. The Morgan fingerprint density at radius 1 is 1.24 bits per heavy atom. The summed E-state index contributed by atoms with van der Waals surface area (Å²) in [5.41, 5.74) is 0.659. The fourth-order valence-electron chi connectivity index (χ4n) is 2.22. The van der Waals surface area contributed by atoms with Gasteiger partial charge < -0.3 is 13.8 Å². The maximum Gasteiger partial charge on any atom is 0.366 e. The van der Waals surface area contributed by atoms with Crippen LogP contribution in [0.4, 0.5) is 4.39 Å². The molecular formula is C14H18FO5P. The zero-order chi connectivity index (χ0) is 15.5. The molecule has 1 aromatic carbocycles. The van der Waals surface area contributed by atoms with Crippen LogP contribution in [-0.4, -0.2) is 24.8 Å². The maximum absolute atomic E-state index is 12.9. The van der Waals surface area contributed by atoms with Crippen molar-refractivity contribution in [1.29, 1.82) is 0 Å². The molecule has 1 unspecified atom stereocenters. The van der Waals surface area contributed by atoms with Gasteiger partial charge in [-0.15, -0.1) is 0 Å². The van der Waals surface area contributed by atoms with Crippen molar-refractivity contribution in [3.8, 4) is 0 Å². The molecule has 1 fully saturated rings. The first-order chi connectivity index (χ1) is 10.00. The van der Waals surface area contributed by atoms with Gasteiger partial charge in [0, 0.05) is 6.42 Å². The molecule has 5 nitrogen and oxygen atoms in total. The number of carbonyl (C=O) groups excluding carboxylic acids is 1.